The number of hydrogen-bond acceptors (Lipinski definition) is 12. The standard InChI is InChI=1S/C32H18N8S8/c1-3-17-19(9-15(1)23-13-45-31(47-23)29-41-5-6-42-29)37-25(35-17)21-11-33-27(39-21)28-34-12-22(40-28)26-36-18-4-2-16(10-20(18)38-26)24-14-46-32(48-24)30-43-7-8-44-30/h1-14H,(H,33,39)(H,34,40)(H,35,37)(H,36,38). The number of imidazole rings is 4. The Kier molecular flexibility index (Phi) is 7.74. The lowest BCUT2D eigenvalue weighted by atomic mass is 10.2. The number of aromatic amines is 4. The van der Waals surface area contributed by atoms with E-state index in [1.165, 1.54) is 26.8 Å². The Morgan fingerprint density at radius 2 is 0.917 bits per heavy atom. The third-order valence-electron chi connectivity index (χ3n) is 7.50. The monoisotopic (exact) mass is 770 g/mol. The predicted molar refractivity (Wildman–Crippen MR) is 215 cm³/mol. The van der Waals surface area contributed by atoms with E-state index in [-0.39, 0.29) is 0 Å². The maximum Gasteiger partial charge on any atom is 0.174 e. The van der Waals surface area contributed by atoms with E-state index in [1.54, 1.807) is 70.6 Å². The number of nitrogens with zero attached hydrogens (tertiary/aromatic N) is 4. The van der Waals surface area contributed by atoms with Crippen LogP contribution < -0.4 is 0 Å². The molecule has 10 rings (SSSR count). The summed E-state index contributed by atoms with van der Waals surface area (Å²) in [5.74, 6) is 2.66. The van der Waals surface area contributed by atoms with E-state index in [4.69, 9.17) is 19.9 Å². The van der Waals surface area contributed by atoms with Gasteiger partial charge in [-0.3, -0.25) is 0 Å². The molecule has 0 fully saturated rings. The summed E-state index contributed by atoms with van der Waals surface area (Å²) in [5, 5.41) is 13.0. The van der Waals surface area contributed by atoms with Crippen LogP contribution in [0.4, 0.5) is 0 Å². The van der Waals surface area contributed by atoms with Crippen LogP contribution in [0.2, 0.25) is 0 Å². The fourth-order valence-electron chi connectivity index (χ4n) is 5.24. The molecule has 4 N–H and O–H groups in total. The highest BCUT2D eigenvalue weighted by Crippen LogP contribution is 2.57. The van der Waals surface area contributed by atoms with Crippen LogP contribution in [0.1, 0.15) is 11.1 Å². The van der Waals surface area contributed by atoms with Gasteiger partial charge in [-0.1, -0.05) is 106 Å². The SMILES string of the molecule is C1=CSC(=C2SC=C(c3ccc4[nH]c(-c5c[nH]c(-c6nc(-c7nc8cc(C9=CSC(=C%10SC=CS%10)S9)ccc8[nH]7)c[nH]6)n5)nc4c3)S2)S1. The summed E-state index contributed by atoms with van der Waals surface area (Å²) in [6.45, 7) is 0. The van der Waals surface area contributed by atoms with Crippen molar-refractivity contribution in [3.05, 3.63) is 109 Å². The molecular weight excluding hydrogens is 753 g/mol. The molecule has 48 heavy (non-hydrogen) atoms. The van der Waals surface area contributed by atoms with Gasteiger partial charge in [0, 0.05) is 22.2 Å². The van der Waals surface area contributed by atoms with Crippen molar-refractivity contribution in [3.63, 3.8) is 0 Å². The molecule has 8 nitrogen and oxygen atoms in total. The molecule has 0 spiro atoms. The molecule has 6 aromatic rings. The first-order chi connectivity index (χ1) is 23.7. The highest BCUT2D eigenvalue weighted by atomic mass is 32.2. The number of aromatic nitrogens is 8. The second kappa shape index (κ2) is 12.4. The van der Waals surface area contributed by atoms with Crippen molar-refractivity contribution in [2.75, 3.05) is 0 Å². The Hall–Kier alpha value is -2.96. The number of H-pyrrole nitrogens is 4. The molecule has 234 valence electrons. The molecule has 0 radical (unpaired) electrons. The van der Waals surface area contributed by atoms with E-state index in [0.717, 1.165) is 33.2 Å². The van der Waals surface area contributed by atoms with Gasteiger partial charge in [-0.05, 0) is 67.8 Å². The van der Waals surface area contributed by atoms with Gasteiger partial charge >= 0.3 is 0 Å². The Bertz CT molecular complexity index is 2300. The zero-order valence-corrected chi connectivity index (χ0v) is 30.7. The predicted octanol–water partition coefficient (Wildman–Crippen LogP) is 11.6. The van der Waals surface area contributed by atoms with Crippen LogP contribution in [0, 0.1) is 0 Å². The first-order valence-corrected chi connectivity index (χ1v) is 21.3. The van der Waals surface area contributed by atoms with E-state index in [2.05, 4.69) is 88.8 Å². The normalized spacial score (nSPS) is 17.7. The van der Waals surface area contributed by atoms with Gasteiger partial charge in [0.25, 0.3) is 0 Å². The lowest BCUT2D eigenvalue weighted by Gasteiger charge is -2.03. The van der Waals surface area contributed by atoms with Crippen molar-refractivity contribution in [1.29, 1.82) is 0 Å². The van der Waals surface area contributed by atoms with Crippen molar-refractivity contribution in [2.24, 2.45) is 0 Å². The van der Waals surface area contributed by atoms with Gasteiger partial charge in [0.15, 0.2) is 23.3 Å². The number of fused-ring (bicyclic) bond motifs is 2. The van der Waals surface area contributed by atoms with Crippen molar-refractivity contribution in [3.8, 4) is 34.7 Å². The minimum Gasteiger partial charge on any atom is -0.341 e. The Labute approximate surface area is 307 Å². The Balaban J connectivity index is 0.864. The van der Waals surface area contributed by atoms with Crippen LogP contribution in [0.5, 0.6) is 0 Å². The average molecular weight is 771 g/mol. The van der Waals surface area contributed by atoms with Crippen molar-refractivity contribution >= 4 is 126 Å². The molecule has 0 bridgehead atoms. The van der Waals surface area contributed by atoms with E-state index < -0.39 is 0 Å². The van der Waals surface area contributed by atoms with Crippen molar-refractivity contribution in [1.82, 2.24) is 39.9 Å². The fourth-order valence-corrected chi connectivity index (χ4v) is 14.2. The summed E-state index contributed by atoms with van der Waals surface area (Å²) in [6.07, 6.45) is 3.70. The second-order valence-corrected chi connectivity index (χ2v) is 19.0. The molecule has 0 saturated heterocycles. The van der Waals surface area contributed by atoms with E-state index in [9.17, 15) is 0 Å². The first kappa shape index (κ1) is 29.9. The molecule has 4 aliphatic heterocycles. The van der Waals surface area contributed by atoms with Crippen molar-refractivity contribution in [2.45, 2.75) is 0 Å². The van der Waals surface area contributed by atoms with Gasteiger partial charge in [0.2, 0.25) is 0 Å². The molecule has 8 heterocycles. The summed E-state index contributed by atoms with van der Waals surface area (Å²) >= 11 is 14.4. The maximum atomic E-state index is 4.88. The lowest BCUT2D eigenvalue weighted by Crippen LogP contribution is -1.85. The minimum absolute atomic E-state index is 0.624. The number of hydrogen-bond donors (Lipinski definition) is 4. The average Bonchev–Trinajstić information content (AvgIpc) is 3.95. The molecule has 2 aromatic carbocycles. The molecular formula is C32H18N8S8. The summed E-state index contributed by atoms with van der Waals surface area (Å²) in [6, 6.07) is 12.8. The lowest BCUT2D eigenvalue weighted by molar-refractivity contribution is 1.19. The highest BCUT2D eigenvalue weighted by molar-refractivity contribution is 8.35. The zero-order chi connectivity index (χ0) is 31.6. The molecule has 0 amide bonds. The van der Waals surface area contributed by atoms with E-state index in [1.807, 2.05) is 35.9 Å². The Morgan fingerprint density at radius 3 is 1.38 bits per heavy atom. The number of rotatable bonds is 5. The Morgan fingerprint density at radius 1 is 0.458 bits per heavy atom. The molecule has 0 aliphatic carbocycles. The maximum absolute atomic E-state index is 4.88. The highest BCUT2D eigenvalue weighted by Gasteiger charge is 2.22. The van der Waals surface area contributed by atoms with Gasteiger partial charge in [-0.25, -0.2) is 19.9 Å². The third kappa shape index (κ3) is 5.55. The molecule has 4 aliphatic rings. The smallest absolute Gasteiger partial charge is 0.174 e. The summed E-state index contributed by atoms with van der Waals surface area (Å²) in [5.41, 5.74) is 7.51. The topological polar surface area (TPSA) is 115 Å². The number of thioether (sulfide) groups is 8. The quantitative estimate of drug-likeness (QED) is 0.134. The van der Waals surface area contributed by atoms with E-state index in [0.29, 0.717) is 34.7 Å². The van der Waals surface area contributed by atoms with Crippen LogP contribution in [0.15, 0.2) is 98.2 Å². The molecule has 0 saturated carbocycles. The third-order valence-corrected chi connectivity index (χ3v) is 17.6. The minimum atomic E-state index is 0.624. The van der Waals surface area contributed by atoms with Crippen LogP contribution >= 0.6 is 94.1 Å². The largest absolute Gasteiger partial charge is 0.341 e. The summed E-state index contributed by atoms with van der Waals surface area (Å²) < 4.78 is 5.38. The van der Waals surface area contributed by atoms with Crippen LogP contribution in [0.25, 0.3) is 66.6 Å². The van der Waals surface area contributed by atoms with E-state index >= 15 is 0 Å². The molecule has 4 aromatic heterocycles. The number of nitrogens with one attached hydrogen (secondary N) is 4. The molecule has 16 heteroatoms. The van der Waals surface area contributed by atoms with Gasteiger partial charge in [-0.2, -0.15) is 0 Å². The fraction of sp³-hybridized carbons (Fsp3) is 0. The van der Waals surface area contributed by atoms with Crippen LogP contribution in [-0.4, -0.2) is 39.9 Å². The van der Waals surface area contributed by atoms with Crippen LogP contribution in [0.3, 0.4) is 0 Å². The summed E-state index contributed by atoms with van der Waals surface area (Å²) in [4.78, 5) is 35.2. The van der Waals surface area contributed by atoms with Gasteiger partial charge in [-0.15, -0.1) is 0 Å². The summed E-state index contributed by atoms with van der Waals surface area (Å²) in [7, 11) is 0. The van der Waals surface area contributed by atoms with Gasteiger partial charge in [0.05, 0.1) is 39.0 Å². The first-order valence-electron chi connectivity index (χ1n) is 14.4. The molecule has 0 atom stereocenters. The second-order valence-electron chi connectivity index (χ2n) is 10.5. The van der Waals surface area contributed by atoms with Crippen LogP contribution in [-0.2, 0) is 0 Å². The molecule has 0 unspecified atom stereocenters. The number of benzene rings is 2. The van der Waals surface area contributed by atoms with Crippen molar-refractivity contribution < 1.29 is 0 Å². The zero-order valence-electron chi connectivity index (χ0n) is 24.1. The van der Waals surface area contributed by atoms with Gasteiger partial charge in [0.1, 0.15) is 11.4 Å². The van der Waals surface area contributed by atoms with Gasteiger partial charge < -0.3 is 19.9 Å².